The maximum Gasteiger partial charge on any atom is 2.00 e. The van der Waals surface area contributed by atoms with Gasteiger partial charge in [-0.25, -0.2) is 19.1 Å². The molecule has 11 rings (SSSR count). The molecule has 0 radical (unpaired) electrons. The number of aldehydes is 1. The molecule has 4 aromatic carbocycles. The van der Waals surface area contributed by atoms with Gasteiger partial charge in [0.15, 0.2) is 0 Å². The van der Waals surface area contributed by atoms with Crippen LogP contribution < -0.4 is 17.7 Å². The van der Waals surface area contributed by atoms with Gasteiger partial charge in [-0.15, -0.1) is 5.10 Å². The average molecular weight is 1330 g/mol. The summed E-state index contributed by atoms with van der Waals surface area (Å²) in [6, 6.07) is 39.6. The zero-order valence-electron chi connectivity index (χ0n) is 59.3. The number of aromatic nitrogens is 3. The fourth-order valence-corrected chi connectivity index (χ4v) is 11.9. The summed E-state index contributed by atoms with van der Waals surface area (Å²) in [5, 5.41) is 12.2. The summed E-state index contributed by atoms with van der Waals surface area (Å²) in [4.78, 5) is 62.0. The predicted octanol–water partition coefficient (Wildman–Crippen LogP) is 8.98. The average Bonchev–Trinajstić information content (AvgIpc) is 1.47. The van der Waals surface area contributed by atoms with Crippen LogP contribution in [0.2, 0.25) is 0 Å². The Morgan fingerprint density at radius 2 is 1.02 bits per heavy atom. The Morgan fingerprint density at radius 3 is 1.45 bits per heavy atom. The monoisotopic (exact) mass is 1330 g/mol. The van der Waals surface area contributed by atoms with Crippen LogP contribution in [-0.2, 0) is 18.9 Å². The van der Waals surface area contributed by atoms with Gasteiger partial charge in [0.25, 0.3) is 0 Å². The summed E-state index contributed by atoms with van der Waals surface area (Å²) in [6.45, 7) is 37.0. The van der Waals surface area contributed by atoms with Gasteiger partial charge >= 0.3 is 41.3 Å². The maximum atomic E-state index is 12.6. The summed E-state index contributed by atoms with van der Waals surface area (Å²) in [6.07, 6.45) is 10.0. The van der Waals surface area contributed by atoms with E-state index in [4.69, 9.17) is 18.9 Å². The van der Waals surface area contributed by atoms with Crippen molar-refractivity contribution >= 4 is 58.7 Å². The van der Waals surface area contributed by atoms with Gasteiger partial charge in [-0.2, -0.15) is 12.8 Å². The number of likely N-dealkylation sites (tertiary alicyclic amines) is 2. The Hall–Kier alpha value is -5.42. The molecule has 3 amide bonds. The van der Waals surface area contributed by atoms with E-state index in [1.807, 2.05) is 133 Å². The minimum absolute atomic E-state index is 0. The van der Waals surface area contributed by atoms with Crippen molar-refractivity contribution < 1.29 is 50.5 Å². The van der Waals surface area contributed by atoms with Crippen molar-refractivity contribution in [2.24, 2.45) is 5.92 Å². The molecule has 0 bridgehead atoms. The zero-order chi connectivity index (χ0) is 66.8. The maximum absolute atomic E-state index is 12.6. The van der Waals surface area contributed by atoms with Gasteiger partial charge in [-0.3, -0.25) is 14.6 Å². The zero-order valence-corrected chi connectivity index (χ0v) is 61.4. The van der Waals surface area contributed by atoms with Crippen LogP contribution in [0, 0.1) is 12.3 Å². The van der Waals surface area contributed by atoms with E-state index < -0.39 is 16.8 Å². The van der Waals surface area contributed by atoms with Crippen molar-refractivity contribution in [1.82, 2.24) is 54.6 Å². The number of hydrogen-bond donors (Lipinski definition) is 1. The summed E-state index contributed by atoms with van der Waals surface area (Å²) < 4.78 is 23.4. The first-order valence-electron chi connectivity index (χ1n) is 33.6. The molecule has 1 aromatic heterocycles. The van der Waals surface area contributed by atoms with E-state index >= 15 is 0 Å². The second kappa shape index (κ2) is 40.3. The van der Waals surface area contributed by atoms with Gasteiger partial charge < -0.3 is 67.6 Å². The second-order valence-corrected chi connectivity index (χ2v) is 28.1. The molecule has 0 spiro atoms. The number of hydrogen-bond acceptors (Lipinski definition) is 15. The molecule has 19 nitrogen and oxygen atoms in total. The molecule has 6 saturated heterocycles. The van der Waals surface area contributed by atoms with Gasteiger partial charge in [0, 0.05) is 102 Å². The topological polar surface area (TPSA) is 171 Å². The fraction of sp³-hybridized carbons (Fsp3) is 0.603. The summed E-state index contributed by atoms with van der Waals surface area (Å²) in [7, 11) is 4.39. The van der Waals surface area contributed by atoms with Crippen molar-refractivity contribution in [3.8, 4) is 0 Å². The van der Waals surface area contributed by atoms with E-state index in [1.54, 1.807) is 21.9 Å². The first-order chi connectivity index (χ1) is 43.8. The number of piperazine rings is 3. The Balaban J connectivity index is 0.000000267. The van der Waals surface area contributed by atoms with E-state index in [1.165, 1.54) is 70.3 Å². The molecule has 6 aliphatic heterocycles. The number of rotatable bonds is 7. The third kappa shape index (κ3) is 28.0. The Labute approximate surface area is 585 Å². The molecular weight excluding hydrogens is 1220 g/mol. The fourth-order valence-electron chi connectivity index (χ4n) is 11.9. The Bertz CT molecular complexity index is 2930. The SMILES string of the molecule is C1CCOC1.CN1CC[CH-]CC1.C[C@H]1CN(C(=O)OC(C)(C)C)CCN1.C[C@H]1CN(C(=O)OC(C)(C)C)CCN1C(c1ccccc1)C1CCN(C)CC1.C[C@H]1CN(C(=O)OC(C)(C)C)CCN1C(c1ccccc1)n1nnc2ccccc21.O=Cc1ccccc1.[Cl-].[Mg+2]. The van der Waals surface area contributed by atoms with Crippen LogP contribution in [0.25, 0.3) is 11.0 Å². The molecule has 1 N–H and O–H groups in total. The third-order valence-electron chi connectivity index (χ3n) is 16.6. The van der Waals surface area contributed by atoms with E-state index in [2.05, 4.69) is 119 Å². The Morgan fingerprint density at radius 1 is 0.574 bits per heavy atom. The number of nitrogens with one attached hydrogen (secondary N) is 1. The number of piperidine rings is 2. The number of para-hydroxylation sites is 1. The molecule has 7 heterocycles. The van der Waals surface area contributed by atoms with Gasteiger partial charge in [0.1, 0.15) is 34.8 Å². The molecule has 6 aliphatic rings. The van der Waals surface area contributed by atoms with Gasteiger partial charge in [0.2, 0.25) is 0 Å². The smallest absolute Gasteiger partial charge is 1.00 e. The van der Waals surface area contributed by atoms with Crippen LogP contribution in [0.1, 0.15) is 155 Å². The summed E-state index contributed by atoms with van der Waals surface area (Å²) in [5.41, 5.74) is 3.81. The molecule has 94 heavy (non-hydrogen) atoms. The van der Waals surface area contributed by atoms with Gasteiger partial charge in [0.05, 0.1) is 5.52 Å². The summed E-state index contributed by atoms with van der Waals surface area (Å²) in [5.74, 6) is 0.661. The quantitative estimate of drug-likeness (QED) is 0.0708. The van der Waals surface area contributed by atoms with E-state index in [0.29, 0.717) is 43.7 Å². The van der Waals surface area contributed by atoms with Crippen LogP contribution in [-0.4, -0.2) is 244 Å². The number of amides is 3. The van der Waals surface area contributed by atoms with Crippen LogP contribution in [0.15, 0.2) is 115 Å². The molecule has 6 fully saturated rings. The van der Waals surface area contributed by atoms with E-state index in [-0.39, 0.29) is 65.9 Å². The molecule has 2 unspecified atom stereocenters. The molecule has 0 saturated carbocycles. The largest absolute Gasteiger partial charge is 2.00 e. The van der Waals surface area contributed by atoms with Crippen LogP contribution in [0.3, 0.4) is 0 Å². The molecule has 5 aromatic rings. The van der Waals surface area contributed by atoms with Crippen molar-refractivity contribution in [1.29, 1.82) is 0 Å². The Kier molecular flexibility index (Phi) is 34.8. The molecule has 5 atom stereocenters. The number of ether oxygens (including phenoxy) is 4. The molecular formula is C73H112ClMgN11O8. The number of carbonyl (C=O) groups excluding carboxylic acids is 4. The van der Waals surface area contributed by atoms with Gasteiger partial charge in [-0.05, 0) is 178 Å². The van der Waals surface area contributed by atoms with Crippen molar-refractivity contribution in [2.45, 2.75) is 169 Å². The van der Waals surface area contributed by atoms with Crippen molar-refractivity contribution in [2.75, 3.05) is 112 Å². The first-order valence-corrected chi connectivity index (χ1v) is 33.6. The number of fused-ring (bicyclic) bond motifs is 1. The number of benzene rings is 4. The van der Waals surface area contributed by atoms with Crippen molar-refractivity contribution in [3.05, 3.63) is 138 Å². The van der Waals surface area contributed by atoms with E-state index in [0.717, 1.165) is 80.9 Å². The first kappa shape index (κ1) is 81.0. The van der Waals surface area contributed by atoms with E-state index in [9.17, 15) is 19.2 Å². The molecule has 0 aliphatic carbocycles. The molecule has 516 valence electrons. The van der Waals surface area contributed by atoms with Crippen LogP contribution in [0.4, 0.5) is 14.4 Å². The van der Waals surface area contributed by atoms with Crippen molar-refractivity contribution in [3.63, 3.8) is 0 Å². The summed E-state index contributed by atoms with van der Waals surface area (Å²) >= 11 is 0. The third-order valence-corrected chi connectivity index (χ3v) is 16.6. The minimum Gasteiger partial charge on any atom is -1.00 e. The minimum atomic E-state index is -0.496. The predicted molar refractivity (Wildman–Crippen MR) is 373 cm³/mol. The second-order valence-electron chi connectivity index (χ2n) is 28.1. The standard InChI is InChI=1S/C23H29N5O2.C23H37N3O2.C10H20N2O2.C7H6O.C6H12N.C4H8O.ClH.Mg/c1-17-16-26(22(29)30-23(2,3)4)14-15-27(17)21(18-10-6-5-7-11-18)28-20-13-9-8-12-19(20)24-25-28;1-18-17-25(22(27)28-23(2,3)4)15-16-26(18)21(19-9-7-6-8-10-19)20-11-13-24(5)14-12-20;1-8-7-12(6-5-11-8)9(13)14-10(2,3)4;8-6-7-4-2-1-3-5-7;1-7-5-3-2-4-6-7;1-2-4-5-3-1;;/h5-13,17,21H,14-16H2,1-4H3;6-10,18,20-21H,11-17H2,1-5H3;8,11H,5-7H2,1-4H3;1-6H;2H,3-6H2,1H3;1-4H2;1H;/q;;;;-1;;;+2/p-1/t17-,21?;18-,21?;8-;;;;;/m000...../s1. The van der Waals surface area contributed by atoms with Crippen LogP contribution in [0.5, 0.6) is 0 Å². The number of carbonyl (C=O) groups is 4. The molecule has 21 heteroatoms. The van der Waals surface area contributed by atoms with Gasteiger partial charge in [-0.1, -0.05) is 108 Å². The number of halogens is 1. The normalized spacial score (nSPS) is 20.7. The number of nitrogens with zero attached hydrogens (tertiary/aromatic N) is 10. The van der Waals surface area contributed by atoms with Crippen LogP contribution >= 0.6 is 0 Å².